The number of benzene rings is 2. The summed E-state index contributed by atoms with van der Waals surface area (Å²) in [6.45, 7) is 0. The summed E-state index contributed by atoms with van der Waals surface area (Å²) in [7, 11) is 0. The van der Waals surface area contributed by atoms with Crippen LogP contribution in [0.2, 0.25) is 0 Å². The summed E-state index contributed by atoms with van der Waals surface area (Å²) in [6, 6.07) is 19.2. The van der Waals surface area contributed by atoms with Crippen molar-refractivity contribution in [2.45, 2.75) is 0 Å². The van der Waals surface area contributed by atoms with Crippen LogP contribution in [0.1, 0.15) is 0 Å². The largest absolute Gasteiger partial charge is 0.279 e. The Balaban J connectivity index is 2.31. The molecular weight excluding hydrogens is 248 g/mol. The molecular formula is C17H10N2O. The molecule has 2 aliphatic heterocycles. The van der Waals surface area contributed by atoms with Crippen LogP contribution in [0.25, 0.3) is 33.1 Å². The molecule has 0 radical (unpaired) electrons. The summed E-state index contributed by atoms with van der Waals surface area (Å²) < 4.78 is 0. The monoisotopic (exact) mass is 258 g/mol. The molecule has 0 amide bonds. The number of fused-ring (bicyclic) bond motifs is 4. The Labute approximate surface area is 114 Å². The van der Waals surface area contributed by atoms with Gasteiger partial charge in [-0.1, -0.05) is 42.5 Å². The van der Waals surface area contributed by atoms with Crippen LogP contribution < -0.4 is 5.56 Å². The first-order chi connectivity index (χ1) is 9.83. The van der Waals surface area contributed by atoms with E-state index in [0.29, 0.717) is 16.8 Å². The smallest absolute Gasteiger partial charge is 0.267 e. The lowest BCUT2D eigenvalue weighted by Gasteiger charge is -2.03. The molecule has 0 aromatic heterocycles. The van der Waals surface area contributed by atoms with Crippen molar-refractivity contribution in [2.24, 2.45) is 0 Å². The van der Waals surface area contributed by atoms with Crippen LogP contribution in [0.5, 0.6) is 0 Å². The molecule has 20 heavy (non-hydrogen) atoms. The maximum Gasteiger partial charge on any atom is 0.279 e. The first-order valence-electron chi connectivity index (χ1n) is 6.41. The van der Waals surface area contributed by atoms with Crippen molar-refractivity contribution >= 4 is 21.8 Å². The fourth-order valence-corrected chi connectivity index (χ4v) is 2.48. The van der Waals surface area contributed by atoms with Gasteiger partial charge in [-0.15, -0.1) is 0 Å². The lowest BCUT2D eigenvalue weighted by atomic mass is 10.1. The van der Waals surface area contributed by atoms with Crippen LogP contribution in [0.3, 0.4) is 0 Å². The lowest BCUT2D eigenvalue weighted by molar-refractivity contribution is 1.28. The highest BCUT2D eigenvalue weighted by Crippen LogP contribution is 2.25. The molecule has 4 rings (SSSR count). The number of hydrogen-bond acceptors (Lipinski definition) is 3. The van der Waals surface area contributed by atoms with Crippen molar-refractivity contribution in [1.29, 1.82) is 0 Å². The zero-order valence-corrected chi connectivity index (χ0v) is 10.6. The van der Waals surface area contributed by atoms with Gasteiger partial charge < -0.3 is 0 Å². The van der Waals surface area contributed by atoms with E-state index in [-0.39, 0.29) is 5.56 Å². The van der Waals surface area contributed by atoms with Gasteiger partial charge in [-0.2, -0.15) is 0 Å². The number of rotatable bonds is 0. The third kappa shape index (κ3) is 1.57. The second-order valence-electron chi connectivity index (χ2n) is 4.70. The van der Waals surface area contributed by atoms with Gasteiger partial charge in [0.2, 0.25) is 0 Å². The Kier molecular flexibility index (Phi) is 2.27. The van der Waals surface area contributed by atoms with E-state index in [0.717, 1.165) is 16.3 Å². The third-order valence-corrected chi connectivity index (χ3v) is 3.47. The van der Waals surface area contributed by atoms with Gasteiger partial charge in [0.05, 0.1) is 22.3 Å². The van der Waals surface area contributed by atoms with Crippen LogP contribution in [-0.4, -0.2) is 9.97 Å². The zero-order chi connectivity index (χ0) is 13.5. The molecule has 0 bridgehead atoms. The highest BCUT2D eigenvalue weighted by atomic mass is 16.1. The topological polar surface area (TPSA) is 42.9 Å². The number of aromatic nitrogens is 2. The maximum absolute atomic E-state index is 12.2. The normalized spacial score (nSPS) is 11.2. The van der Waals surface area contributed by atoms with Crippen molar-refractivity contribution in [3.63, 3.8) is 0 Å². The summed E-state index contributed by atoms with van der Waals surface area (Å²) in [6.07, 6.45) is 0. The Morgan fingerprint density at radius 2 is 1.45 bits per heavy atom. The van der Waals surface area contributed by atoms with Gasteiger partial charge in [0.15, 0.2) is 0 Å². The molecule has 2 aliphatic rings. The van der Waals surface area contributed by atoms with E-state index < -0.39 is 0 Å². The summed E-state index contributed by atoms with van der Waals surface area (Å²) >= 11 is 0. The van der Waals surface area contributed by atoms with Crippen molar-refractivity contribution in [3.8, 4) is 11.3 Å². The van der Waals surface area contributed by atoms with Crippen LogP contribution in [-0.2, 0) is 0 Å². The van der Waals surface area contributed by atoms with Gasteiger partial charge in [-0.3, -0.25) is 4.79 Å². The molecule has 0 fully saturated rings. The van der Waals surface area contributed by atoms with Gasteiger partial charge >= 0.3 is 0 Å². The van der Waals surface area contributed by atoms with Crippen molar-refractivity contribution < 1.29 is 0 Å². The molecule has 0 atom stereocenters. The van der Waals surface area contributed by atoms with E-state index in [1.807, 2.05) is 60.7 Å². The molecule has 0 aliphatic carbocycles. The van der Waals surface area contributed by atoms with Gasteiger partial charge in [-0.25, -0.2) is 9.97 Å². The molecule has 2 aromatic rings. The zero-order valence-electron chi connectivity index (χ0n) is 10.6. The standard InChI is InChI=1S/C17H10N2O/c20-17-13-10-9-11-5-1-3-7-14(11)18-16(13)12-6-2-4-8-15(12)19-17/h1-10H. The van der Waals surface area contributed by atoms with Crippen LogP contribution in [0.15, 0.2) is 65.5 Å². The molecule has 0 unspecified atom stereocenters. The SMILES string of the molecule is O=c1nc2ccccc2c2nc3ccccc3ccc1-2. The Morgan fingerprint density at radius 3 is 2.35 bits per heavy atom. The van der Waals surface area contributed by atoms with Crippen molar-refractivity contribution in [2.75, 3.05) is 0 Å². The minimum atomic E-state index is -0.230. The quantitative estimate of drug-likeness (QED) is 0.486. The van der Waals surface area contributed by atoms with E-state index in [1.165, 1.54) is 0 Å². The Hall–Kier alpha value is -2.81. The Morgan fingerprint density at radius 1 is 0.700 bits per heavy atom. The van der Waals surface area contributed by atoms with Crippen molar-refractivity contribution in [3.05, 3.63) is 71.0 Å². The summed E-state index contributed by atoms with van der Waals surface area (Å²) in [4.78, 5) is 21.0. The second-order valence-corrected chi connectivity index (χ2v) is 4.70. The summed E-state index contributed by atoms with van der Waals surface area (Å²) in [5.74, 6) is 0. The van der Waals surface area contributed by atoms with E-state index in [4.69, 9.17) is 0 Å². The lowest BCUT2D eigenvalue weighted by Crippen LogP contribution is -2.10. The highest BCUT2D eigenvalue weighted by Gasteiger charge is 2.12. The van der Waals surface area contributed by atoms with Gasteiger partial charge in [0.25, 0.3) is 5.56 Å². The molecule has 3 nitrogen and oxygen atoms in total. The van der Waals surface area contributed by atoms with Crippen LogP contribution in [0, 0.1) is 0 Å². The molecule has 0 spiro atoms. The average molecular weight is 258 g/mol. The fraction of sp³-hybridized carbons (Fsp3) is 0. The van der Waals surface area contributed by atoms with Gasteiger partial charge in [0, 0.05) is 10.8 Å². The Bertz CT molecular complexity index is 979. The first kappa shape index (κ1) is 11.1. The molecule has 0 N–H and O–H groups in total. The molecule has 2 aromatic carbocycles. The fourth-order valence-electron chi connectivity index (χ4n) is 2.48. The number of pyridine rings is 1. The summed E-state index contributed by atoms with van der Waals surface area (Å²) in [5, 5.41) is 1.91. The van der Waals surface area contributed by atoms with E-state index in [2.05, 4.69) is 9.97 Å². The van der Waals surface area contributed by atoms with E-state index in [9.17, 15) is 4.79 Å². The molecule has 3 heteroatoms. The molecule has 2 heterocycles. The van der Waals surface area contributed by atoms with E-state index >= 15 is 0 Å². The molecule has 0 saturated carbocycles. The average Bonchev–Trinajstić information content (AvgIpc) is 2.67. The van der Waals surface area contributed by atoms with Crippen LogP contribution in [0.4, 0.5) is 0 Å². The van der Waals surface area contributed by atoms with Crippen LogP contribution >= 0.6 is 0 Å². The maximum atomic E-state index is 12.2. The summed E-state index contributed by atoms with van der Waals surface area (Å²) in [5.41, 5.74) is 2.60. The predicted octanol–water partition coefficient (Wildman–Crippen LogP) is 3.25. The number of nitrogens with zero attached hydrogens (tertiary/aromatic N) is 2. The highest BCUT2D eigenvalue weighted by molar-refractivity contribution is 5.95. The second kappa shape index (κ2) is 4.10. The minimum Gasteiger partial charge on any atom is -0.267 e. The van der Waals surface area contributed by atoms with Gasteiger partial charge in [-0.05, 0) is 18.2 Å². The first-order valence-corrected chi connectivity index (χ1v) is 6.41. The molecule has 0 saturated heterocycles. The predicted molar refractivity (Wildman–Crippen MR) is 79.9 cm³/mol. The van der Waals surface area contributed by atoms with Crippen molar-refractivity contribution in [1.82, 2.24) is 9.97 Å². The van der Waals surface area contributed by atoms with Gasteiger partial charge in [0.1, 0.15) is 0 Å². The number of hydrogen-bond donors (Lipinski definition) is 0. The third-order valence-electron chi connectivity index (χ3n) is 3.47. The minimum absolute atomic E-state index is 0.230. The molecule has 94 valence electrons. The van der Waals surface area contributed by atoms with E-state index in [1.54, 1.807) is 0 Å². The number of para-hydroxylation sites is 2.